The van der Waals surface area contributed by atoms with Crippen LogP contribution >= 0.6 is 0 Å². The standard InChI is InChI=1S/C10H14N6/c11-3-4-16-10-8(5-14-16)9(12-6-13-10)15-7-1-2-7/h5-7H,1-4,11H2,(H,12,13,15). The van der Waals surface area contributed by atoms with E-state index in [0.717, 1.165) is 16.9 Å². The molecule has 1 saturated carbocycles. The number of fused-ring (bicyclic) bond motifs is 1. The Hall–Kier alpha value is -1.69. The molecule has 3 N–H and O–H groups in total. The SMILES string of the molecule is NCCn1ncc2c(NC3CC3)ncnc21. The summed E-state index contributed by atoms with van der Waals surface area (Å²) in [5.41, 5.74) is 6.37. The maximum Gasteiger partial charge on any atom is 0.163 e. The molecule has 0 atom stereocenters. The molecule has 0 aliphatic heterocycles. The normalized spacial score (nSPS) is 15.6. The maximum absolute atomic E-state index is 5.52. The third-order valence-corrected chi connectivity index (χ3v) is 2.69. The highest BCUT2D eigenvalue weighted by Gasteiger charge is 2.22. The van der Waals surface area contributed by atoms with Gasteiger partial charge in [-0.05, 0) is 12.8 Å². The zero-order valence-electron chi connectivity index (χ0n) is 8.93. The minimum Gasteiger partial charge on any atom is -0.367 e. The molecule has 84 valence electrons. The molecule has 0 spiro atoms. The summed E-state index contributed by atoms with van der Waals surface area (Å²) in [5.74, 6) is 0.885. The van der Waals surface area contributed by atoms with Crippen molar-refractivity contribution in [3.8, 4) is 0 Å². The Morgan fingerprint density at radius 3 is 3.06 bits per heavy atom. The van der Waals surface area contributed by atoms with Crippen LogP contribution in [0.4, 0.5) is 5.82 Å². The highest BCUT2D eigenvalue weighted by molar-refractivity contribution is 5.86. The van der Waals surface area contributed by atoms with Crippen molar-refractivity contribution in [2.24, 2.45) is 5.73 Å². The van der Waals surface area contributed by atoms with Crippen molar-refractivity contribution in [1.29, 1.82) is 0 Å². The average molecular weight is 218 g/mol. The molecule has 0 radical (unpaired) electrons. The molecule has 1 aliphatic carbocycles. The van der Waals surface area contributed by atoms with E-state index in [0.29, 0.717) is 19.1 Å². The highest BCUT2D eigenvalue weighted by Crippen LogP contribution is 2.27. The van der Waals surface area contributed by atoms with Gasteiger partial charge in [0.2, 0.25) is 0 Å². The van der Waals surface area contributed by atoms with E-state index < -0.39 is 0 Å². The van der Waals surface area contributed by atoms with Gasteiger partial charge in [0.1, 0.15) is 12.1 Å². The van der Waals surface area contributed by atoms with E-state index in [9.17, 15) is 0 Å². The van der Waals surface area contributed by atoms with Gasteiger partial charge in [0.15, 0.2) is 5.65 Å². The van der Waals surface area contributed by atoms with E-state index in [2.05, 4.69) is 20.4 Å². The van der Waals surface area contributed by atoms with Crippen molar-refractivity contribution >= 4 is 16.9 Å². The minimum absolute atomic E-state index is 0.562. The molecule has 0 amide bonds. The van der Waals surface area contributed by atoms with Crippen LogP contribution in [-0.4, -0.2) is 32.3 Å². The molecule has 3 rings (SSSR count). The van der Waals surface area contributed by atoms with Gasteiger partial charge in [-0.15, -0.1) is 0 Å². The van der Waals surface area contributed by atoms with Crippen LogP contribution in [0, 0.1) is 0 Å². The molecule has 16 heavy (non-hydrogen) atoms. The van der Waals surface area contributed by atoms with Crippen molar-refractivity contribution in [3.63, 3.8) is 0 Å². The summed E-state index contributed by atoms with van der Waals surface area (Å²) in [5, 5.41) is 8.62. The van der Waals surface area contributed by atoms with Crippen LogP contribution in [0.2, 0.25) is 0 Å². The summed E-state index contributed by atoms with van der Waals surface area (Å²) < 4.78 is 1.81. The molecule has 0 unspecified atom stereocenters. The second kappa shape index (κ2) is 3.71. The third kappa shape index (κ3) is 1.61. The largest absolute Gasteiger partial charge is 0.367 e. The van der Waals surface area contributed by atoms with Gasteiger partial charge in [0.25, 0.3) is 0 Å². The van der Waals surface area contributed by atoms with Crippen molar-refractivity contribution in [2.75, 3.05) is 11.9 Å². The number of hydrogen-bond acceptors (Lipinski definition) is 5. The minimum atomic E-state index is 0.562. The van der Waals surface area contributed by atoms with E-state index in [1.54, 1.807) is 12.5 Å². The predicted molar refractivity (Wildman–Crippen MR) is 61.0 cm³/mol. The van der Waals surface area contributed by atoms with Crippen molar-refractivity contribution < 1.29 is 0 Å². The first-order chi connectivity index (χ1) is 7.88. The molecular weight excluding hydrogens is 204 g/mol. The van der Waals surface area contributed by atoms with Crippen molar-refractivity contribution in [2.45, 2.75) is 25.4 Å². The molecule has 6 heteroatoms. The Morgan fingerprint density at radius 1 is 1.44 bits per heavy atom. The first-order valence-electron chi connectivity index (χ1n) is 5.51. The van der Waals surface area contributed by atoms with E-state index >= 15 is 0 Å². The van der Waals surface area contributed by atoms with E-state index in [4.69, 9.17) is 5.73 Å². The molecule has 1 aliphatic rings. The second-order valence-corrected chi connectivity index (χ2v) is 4.03. The Balaban J connectivity index is 2.01. The lowest BCUT2D eigenvalue weighted by molar-refractivity contribution is 0.640. The van der Waals surface area contributed by atoms with Crippen LogP contribution in [0.25, 0.3) is 11.0 Å². The summed E-state index contributed by atoms with van der Waals surface area (Å²) >= 11 is 0. The van der Waals surface area contributed by atoms with Crippen LogP contribution in [0.15, 0.2) is 12.5 Å². The lowest BCUT2D eigenvalue weighted by Crippen LogP contribution is -2.11. The molecule has 0 aromatic carbocycles. The van der Waals surface area contributed by atoms with E-state index in [-0.39, 0.29) is 0 Å². The van der Waals surface area contributed by atoms with Crippen LogP contribution in [0.5, 0.6) is 0 Å². The third-order valence-electron chi connectivity index (χ3n) is 2.69. The smallest absolute Gasteiger partial charge is 0.163 e. The summed E-state index contributed by atoms with van der Waals surface area (Å²) in [6.45, 7) is 1.25. The van der Waals surface area contributed by atoms with Crippen LogP contribution in [0.1, 0.15) is 12.8 Å². The number of nitrogens with zero attached hydrogens (tertiary/aromatic N) is 4. The van der Waals surface area contributed by atoms with Crippen LogP contribution in [0.3, 0.4) is 0 Å². The highest BCUT2D eigenvalue weighted by atomic mass is 15.3. The Morgan fingerprint density at radius 2 is 2.31 bits per heavy atom. The molecule has 2 aromatic heterocycles. The Labute approximate surface area is 92.9 Å². The fourth-order valence-electron chi connectivity index (χ4n) is 1.71. The molecule has 6 nitrogen and oxygen atoms in total. The summed E-state index contributed by atoms with van der Waals surface area (Å²) in [6, 6.07) is 0.580. The lowest BCUT2D eigenvalue weighted by Gasteiger charge is -2.04. The monoisotopic (exact) mass is 218 g/mol. The zero-order valence-corrected chi connectivity index (χ0v) is 8.93. The predicted octanol–water partition coefficient (Wildman–Crippen LogP) is 0.359. The Bertz CT molecular complexity index is 501. The topological polar surface area (TPSA) is 81.7 Å². The second-order valence-electron chi connectivity index (χ2n) is 4.03. The molecule has 1 fully saturated rings. The van der Waals surface area contributed by atoms with Gasteiger partial charge < -0.3 is 11.1 Å². The van der Waals surface area contributed by atoms with Gasteiger partial charge in [-0.2, -0.15) is 5.10 Å². The summed E-state index contributed by atoms with van der Waals surface area (Å²) in [7, 11) is 0. The molecule has 2 aromatic rings. The molecule has 2 heterocycles. The number of aromatic nitrogens is 4. The molecule has 0 saturated heterocycles. The van der Waals surface area contributed by atoms with Gasteiger partial charge in [0, 0.05) is 12.6 Å². The summed E-state index contributed by atoms with van der Waals surface area (Å²) in [4.78, 5) is 8.50. The van der Waals surface area contributed by atoms with E-state index in [1.165, 1.54) is 12.8 Å². The lowest BCUT2D eigenvalue weighted by atomic mass is 10.4. The van der Waals surface area contributed by atoms with Crippen LogP contribution < -0.4 is 11.1 Å². The van der Waals surface area contributed by atoms with Crippen LogP contribution in [-0.2, 0) is 6.54 Å². The number of nitrogens with one attached hydrogen (secondary N) is 1. The summed E-state index contributed by atoms with van der Waals surface area (Å²) in [6.07, 6.45) is 5.82. The fourth-order valence-corrected chi connectivity index (χ4v) is 1.71. The average Bonchev–Trinajstić information content (AvgIpc) is 3.01. The maximum atomic E-state index is 5.52. The quantitative estimate of drug-likeness (QED) is 0.774. The Kier molecular flexibility index (Phi) is 2.21. The van der Waals surface area contributed by atoms with Gasteiger partial charge in [-0.1, -0.05) is 0 Å². The first-order valence-corrected chi connectivity index (χ1v) is 5.51. The number of rotatable bonds is 4. The first kappa shape index (κ1) is 9.53. The van der Waals surface area contributed by atoms with E-state index in [1.807, 2.05) is 4.68 Å². The van der Waals surface area contributed by atoms with Crippen molar-refractivity contribution in [3.05, 3.63) is 12.5 Å². The van der Waals surface area contributed by atoms with Gasteiger partial charge >= 0.3 is 0 Å². The van der Waals surface area contributed by atoms with Gasteiger partial charge in [-0.3, -0.25) is 0 Å². The zero-order chi connectivity index (χ0) is 11.0. The number of hydrogen-bond donors (Lipinski definition) is 2. The van der Waals surface area contributed by atoms with Gasteiger partial charge in [0.05, 0.1) is 18.1 Å². The molecule has 0 bridgehead atoms. The number of anilines is 1. The van der Waals surface area contributed by atoms with Crippen molar-refractivity contribution in [1.82, 2.24) is 19.7 Å². The molecular formula is C10H14N6. The van der Waals surface area contributed by atoms with Gasteiger partial charge in [-0.25, -0.2) is 14.6 Å². The number of nitrogens with two attached hydrogens (primary N) is 1. The fraction of sp³-hybridized carbons (Fsp3) is 0.500.